The van der Waals surface area contributed by atoms with Crippen LogP contribution in [-0.4, -0.2) is 0 Å². The molecule has 3 heteroatoms. The number of hydrogen-bond acceptors (Lipinski definition) is 0. The first-order valence-corrected chi connectivity index (χ1v) is 7.52. The molecule has 0 heterocycles. The summed E-state index contributed by atoms with van der Waals surface area (Å²) >= 11 is 0. The molecule has 0 atom stereocenters. The van der Waals surface area contributed by atoms with Crippen LogP contribution >= 0.6 is 0 Å². The zero-order chi connectivity index (χ0) is 16.5. The van der Waals surface area contributed by atoms with E-state index in [1.54, 1.807) is 24.3 Å². The molecule has 0 fully saturated rings. The molecule has 22 heavy (non-hydrogen) atoms. The maximum Gasteiger partial charge on any atom is 0.166 e. The Morgan fingerprint density at radius 1 is 0.773 bits per heavy atom. The van der Waals surface area contributed by atoms with Crippen molar-refractivity contribution in [1.29, 1.82) is 0 Å². The predicted octanol–water partition coefficient (Wildman–Crippen LogP) is 6.57. The van der Waals surface area contributed by atoms with Gasteiger partial charge in [0.1, 0.15) is 5.82 Å². The van der Waals surface area contributed by atoms with E-state index in [0.29, 0.717) is 0 Å². The highest BCUT2D eigenvalue weighted by Gasteiger charge is 2.11. The second-order valence-corrected chi connectivity index (χ2v) is 4.58. The zero-order valence-electron chi connectivity index (χ0n) is 13.2. The highest BCUT2D eigenvalue weighted by Crippen LogP contribution is 2.29. The van der Waals surface area contributed by atoms with Crippen molar-refractivity contribution < 1.29 is 13.2 Å². The SMILES string of the molecule is CC.CCCc1ccc(/C(F)=C(\F)c2ccc(F)cc2)cc1. The number of benzene rings is 2. The van der Waals surface area contributed by atoms with Crippen molar-refractivity contribution in [3.05, 3.63) is 71.0 Å². The van der Waals surface area contributed by atoms with Crippen molar-refractivity contribution >= 4 is 11.7 Å². The Kier molecular flexibility index (Phi) is 7.44. The van der Waals surface area contributed by atoms with Gasteiger partial charge in [0.15, 0.2) is 11.7 Å². The molecule has 0 saturated carbocycles. The Morgan fingerprint density at radius 3 is 1.59 bits per heavy atom. The van der Waals surface area contributed by atoms with Crippen molar-refractivity contribution in [2.45, 2.75) is 33.6 Å². The van der Waals surface area contributed by atoms with E-state index in [0.717, 1.165) is 30.5 Å². The first kappa shape index (κ1) is 18.0. The molecular formula is C19H21F3. The molecule has 0 unspecified atom stereocenters. The molecule has 2 rings (SSSR count). The van der Waals surface area contributed by atoms with Gasteiger partial charge in [-0.2, -0.15) is 0 Å². The maximum absolute atomic E-state index is 14.0. The first-order valence-electron chi connectivity index (χ1n) is 7.52. The van der Waals surface area contributed by atoms with Crippen molar-refractivity contribution in [3.63, 3.8) is 0 Å². The van der Waals surface area contributed by atoms with Crippen LogP contribution in [0, 0.1) is 5.82 Å². The van der Waals surface area contributed by atoms with Crippen LogP contribution in [0.5, 0.6) is 0 Å². The lowest BCUT2D eigenvalue weighted by atomic mass is 10.1. The summed E-state index contributed by atoms with van der Waals surface area (Å²) in [5.74, 6) is -2.39. The molecule has 0 amide bonds. The number of rotatable bonds is 4. The van der Waals surface area contributed by atoms with E-state index in [2.05, 4.69) is 6.92 Å². The Hall–Kier alpha value is -2.03. The Labute approximate surface area is 130 Å². The fraction of sp³-hybridized carbons (Fsp3) is 0.263. The standard InChI is InChI=1S/C17H15F3.C2H6/c1-2-3-12-4-6-13(7-5-12)16(19)17(20)14-8-10-15(18)11-9-14;1-2/h4-11H,2-3H2,1H3;1-2H3/b17-16+;. The smallest absolute Gasteiger partial charge is 0.166 e. The van der Waals surface area contributed by atoms with Crippen LogP contribution in [0.4, 0.5) is 13.2 Å². The monoisotopic (exact) mass is 306 g/mol. The van der Waals surface area contributed by atoms with E-state index in [1.165, 1.54) is 12.1 Å². The molecule has 0 aromatic heterocycles. The second kappa shape index (κ2) is 9.08. The van der Waals surface area contributed by atoms with Crippen LogP contribution in [0.1, 0.15) is 43.9 Å². The van der Waals surface area contributed by atoms with Gasteiger partial charge in [0.25, 0.3) is 0 Å². The van der Waals surface area contributed by atoms with Gasteiger partial charge in [-0.15, -0.1) is 0 Å². The summed E-state index contributed by atoms with van der Waals surface area (Å²) < 4.78 is 40.8. The van der Waals surface area contributed by atoms with Crippen LogP contribution in [0.3, 0.4) is 0 Å². The van der Waals surface area contributed by atoms with Crippen LogP contribution in [0.2, 0.25) is 0 Å². The van der Waals surface area contributed by atoms with Gasteiger partial charge < -0.3 is 0 Å². The molecule has 0 aliphatic carbocycles. The van der Waals surface area contributed by atoms with E-state index in [-0.39, 0.29) is 11.1 Å². The quantitative estimate of drug-likeness (QED) is 0.560. The van der Waals surface area contributed by atoms with E-state index >= 15 is 0 Å². The summed E-state index contributed by atoms with van der Waals surface area (Å²) in [6.45, 7) is 6.06. The van der Waals surface area contributed by atoms with Crippen molar-refractivity contribution in [3.8, 4) is 0 Å². The minimum atomic E-state index is -0.978. The van der Waals surface area contributed by atoms with Crippen LogP contribution < -0.4 is 0 Å². The number of halogens is 3. The zero-order valence-corrected chi connectivity index (χ0v) is 13.2. The Morgan fingerprint density at radius 2 is 1.18 bits per heavy atom. The maximum atomic E-state index is 14.0. The molecule has 2 aromatic carbocycles. The normalized spacial score (nSPS) is 11.4. The Bertz CT molecular complexity index is 596. The first-order chi connectivity index (χ1) is 10.6. The highest BCUT2D eigenvalue weighted by atomic mass is 19.2. The molecular weight excluding hydrogens is 285 g/mol. The third kappa shape index (κ3) is 4.76. The fourth-order valence-electron chi connectivity index (χ4n) is 1.96. The average Bonchev–Trinajstić information content (AvgIpc) is 2.57. The Balaban J connectivity index is 0.00000116. The lowest BCUT2D eigenvalue weighted by molar-refractivity contribution is 0.627. The van der Waals surface area contributed by atoms with Gasteiger partial charge in [0.2, 0.25) is 0 Å². The van der Waals surface area contributed by atoms with E-state index in [1.807, 2.05) is 13.8 Å². The average molecular weight is 306 g/mol. The van der Waals surface area contributed by atoms with Gasteiger partial charge >= 0.3 is 0 Å². The van der Waals surface area contributed by atoms with Crippen molar-refractivity contribution in [2.24, 2.45) is 0 Å². The summed E-state index contributed by atoms with van der Waals surface area (Å²) in [6.07, 6.45) is 1.91. The van der Waals surface area contributed by atoms with E-state index in [9.17, 15) is 13.2 Å². The van der Waals surface area contributed by atoms with Crippen molar-refractivity contribution in [2.75, 3.05) is 0 Å². The third-order valence-corrected chi connectivity index (χ3v) is 3.04. The lowest BCUT2D eigenvalue weighted by Gasteiger charge is -2.04. The molecule has 0 nitrogen and oxygen atoms in total. The van der Waals surface area contributed by atoms with Crippen molar-refractivity contribution in [1.82, 2.24) is 0 Å². The summed E-state index contributed by atoms with van der Waals surface area (Å²) in [5.41, 5.74) is 1.31. The number of aryl methyl sites for hydroxylation is 1. The molecule has 0 aliphatic heterocycles. The van der Waals surface area contributed by atoms with Gasteiger partial charge in [-0.05, 0) is 36.2 Å². The van der Waals surface area contributed by atoms with E-state index in [4.69, 9.17) is 0 Å². The topological polar surface area (TPSA) is 0 Å². The van der Waals surface area contributed by atoms with Gasteiger partial charge in [-0.25, -0.2) is 13.2 Å². The molecule has 0 radical (unpaired) electrons. The van der Waals surface area contributed by atoms with Gasteiger partial charge in [-0.1, -0.05) is 51.5 Å². The van der Waals surface area contributed by atoms with Crippen LogP contribution in [-0.2, 0) is 6.42 Å². The lowest BCUT2D eigenvalue weighted by Crippen LogP contribution is -1.87. The minimum Gasteiger partial charge on any atom is -0.207 e. The largest absolute Gasteiger partial charge is 0.207 e. The predicted molar refractivity (Wildman–Crippen MR) is 87.2 cm³/mol. The van der Waals surface area contributed by atoms with Crippen LogP contribution in [0.15, 0.2) is 48.5 Å². The molecule has 0 spiro atoms. The fourth-order valence-corrected chi connectivity index (χ4v) is 1.96. The molecule has 0 N–H and O–H groups in total. The highest BCUT2D eigenvalue weighted by molar-refractivity contribution is 5.83. The van der Waals surface area contributed by atoms with Gasteiger partial charge in [0.05, 0.1) is 0 Å². The van der Waals surface area contributed by atoms with Crippen LogP contribution in [0.25, 0.3) is 11.7 Å². The summed E-state index contributed by atoms with van der Waals surface area (Å²) in [6, 6.07) is 11.3. The third-order valence-electron chi connectivity index (χ3n) is 3.04. The molecule has 2 aromatic rings. The summed E-state index contributed by atoms with van der Waals surface area (Å²) in [4.78, 5) is 0. The minimum absolute atomic E-state index is 0.0292. The number of hydrogen-bond donors (Lipinski definition) is 0. The van der Waals surface area contributed by atoms with Gasteiger partial charge in [0, 0.05) is 11.1 Å². The molecule has 118 valence electrons. The van der Waals surface area contributed by atoms with Gasteiger partial charge in [-0.3, -0.25) is 0 Å². The summed E-state index contributed by atoms with van der Waals surface area (Å²) in [5, 5.41) is 0. The van der Waals surface area contributed by atoms with E-state index < -0.39 is 17.5 Å². The molecule has 0 bridgehead atoms. The summed E-state index contributed by atoms with van der Waals surface area (Å²) in [7, 11) is 0. The molecule has 0 saturated heterocycles. The molecule has 0 aliphatic rings. The second-order valence-electron chi connectivity index (χ2n) is 4.58.